The average Bonchev–Trinajstić information content (AvgIpc) is 3.17. The summed E-state index contributed by atoms with van der Waals surface area (Å²) in [5.41, 5.74) is 0. The van der Waals surface area contributed by atoms with E-state index in [0.29, 0.717) is 12.8 Å². The predicted octanol–water partition coefficient (Wildman–Crippen LogP) is 11.5. The van der Waals surface area contributed by atoms with Crippen LogP contribution >= 0.6 is 0 Å². The minimum absolute atomic E-state index is 0.0362. The van der Waals surface area contributed by atoms with E-state index in [0.717, 1.165) is 77.0 Å². The number of allylic oxidation sites excluding steroid dienone is 8. The molecular weight excluding hydrogens is 715 g/mol. The lowest BCUT2D eigenvalue weighted by atomic mass is 10.0. The number of aliphatic carboxylic acids is 1. The average molecular weight is 802 g/mol. The molecule has 0 aliphatic carbocycles. The van der Waals surface area contributed by atoms with Crippen molar-refractivity contribution in [2.24, 2.45) is 0 Å². The Hall–Kier alpha value is -2.71. The molecule has 0 saturated carbocycles. The first-order valence-corrected chi connectivity index (χ1v) is 23.2. The van der Waals surface area contributed by atoms with E-state index < -0.39 is 18.1 Å². The fourth-order valence-electron chi connectivity index (χ4n) is 6.60. The third kappa shape index (κ3) is 38.6. The normalized spacial score (nSPS) is 13.4. The topological polar surface area (TPSA) is 102 Å². The maximum atomic E-state index is 12.7. The molecule has 0 aromatic rings. The number of carboxylic acid groups (broad SMARTS) is 1. The van der Waals surface area contributed by atoms with Gasteiger partial charge in [0.2, 0.25) is 0 Å². The van der Waals surface area contributed by atoms with Crippen LogP contribution in [0.4, 0.5) is 0 Å². The summed E-state index contributed by atoms with van der Waals surface area (Å²) in [4.78, 5) is 36.8. The summed E-state index contributed by atoms with van der Waals surface area (Å²) in [5.74, 6) is -1.75. The summed E-state index contributed by atoms with van der Waals surface area (Å²) in [6, 6.07) is -0.727. The monoisotopic (exact) mass is 802 g/mol. The van der Waals surface area contributed by atoms with Crippen LogP contribution in [0.1, 0.15) is 194 Å². The van der Waals surface area contributed by atoms with E-state index in [9.17, 15) is 19.5 Å². The van der Waals surface area contributed by atoms with E-state index in [1.165, 1.54) is 83.5 Å². The first-order chi connectivity index (χ1) is 27.6. The van der Waals surface area contributed by atoms with Gasteiger partial charge in [-0.2, -0.15) is 0 Å². The summed E-state index contributed by atoms with van der Waals surface area (Å²) in [7, 11) is 5.40. The zero-order valence-corrected chi connectivity index (χ0v) is 37.5. The Kier molecular flexibility index (Phi) is 38.2. The summed E-state index contributed by atoms with van der Waals surface area (Å²) < 4.78 is 17.1. The molecule has 2 atom stereocenters. The Bertz CT molecular complexity index is 1070. The molecule has 0 aromatic carbocycles. The molecule has 0 amide bonds. The number of ether oxygens (including phenoxy) is 3. The van der Waals surface area contributed by atoms with Crippen molar-refractivity contribution >= 4 is 17.9 Å². The smallest absolute Gasteiger partial charge is 0.306 e. The van der Waals surface area contributed by atoms with Crippen molar-refractivity contribution in [2.75, 3.05) is 41.0 Å². The second kappa shape index (κ2) is 40.1. The van der Waals surface area contributed by atoms with E-state index in [-0.39, 0.29) is 42.7 Å². The quantitative estimate of drug-likeness (QED) is 0.0262. The lowest BCUT2D eigenvalue weighted by Crippen LogP contribution is -2.55. The number of hydrogen-bond acceptors (Lipinski definition) is 7. The third-order valence-corrected chi connectivity index (χ3v) is 10.2. The van der Waals surface area contributed by atoms with Gasteiger partial charge in [-0.3, -0.25) is 9.59 Å². The molecule has 0 bridgehead atoms. The maximum Gasteiger partial charge on any atom is 0.306 e. The molecule has 0 N–H and O–H groups in total. The highest BCUT2D eigenvalue weighted by Gasteiger charge is 2.25. The van der Waals surface area contributed by atoms with Gasteiger partial charge in [-0.05, 0) is 64.2 Å². The Morgan fingerprint density at radius 3 is 1.47 bits per heavy atom. The van der Waals surface area contributed by atoms with Gasteiger partial charge in [0, 0.05) is 19.3 Å². The second-order valence-electron chi connectivity index (χ2n) is 16.6. The van der Waals surface area contributed by atoms with E-state index in [4.69, 9.17) is 14.2 Å². The Balaban J connectivity index is 4.16. The van der Waals surface area contributed by atoms with E-state index in [2.05, 4.69) is 62.5 Å². The largest absolute Gasteiger partial charge is 0.544 e. The van der Waals surface area contributed by atoms with Gasteiger partial charge >= 0.3 is 11.9 Å². The van der Waals surface area contributed by atoms with Gasteiger partial charge in [-0.15, -0.1) is 0 Å². The Morgan fingerprint density at radius 2 is 0.982 bits per heavy atom. The summed E-state index contributed by atoms with van der Waals surface area (Å²) >= 11 is 0. The molecular formula is C49H87NO7. The van der Waals surface area contributed by atoms with Crippen molar-refractivity contribution < 1.29 is 38.2 Å². The van der Waals surface area contributed by atoms with Crippen molar-refractivity contribution in [3.8, 4) is 0 Å². The number of unbranched alkanes of at least 4 members (excludes halogenated alkanes) is 19. The minimum Gasteiger partial charge on any atom is -0.544 e. The lowest BCUT2D eigenvalue weighted by molar-refractivity contribution is -0.889. The Morgan fingerprint density at radius 1 is 0.544 bits per heavy atom. The third-order valence-electron chi connectivity index (χ3n) is 10.2. The van der Waals surface area contributed by atoms with Gasteiger partial charge in [0.05, 0.1) is 40.3 Å². The van der Waals surface area contributed by atoms with Crippen LogP contribution in [0.15, 0.2) is 48.6 Å². The molecule has 0 fully saturated rings. The van der Waals surface area contributed by atoms with Crippen LogP contribution in [0.5, 0.6) is 0 Å². The molecule has 8 nitrogen and oxygen atoms in total. The number of rotatable bonds is 41. The van der Waals surface area contributed by atoms with Crippen LogP contribution in [-0.2, 0) is 28.6 Å². The van der Waals surface area contributed by atoms with Crippen LogP contribution in [-0.4, -0.2) is 75.5 Å². The molecule has 0 radical (unpaired) electrons. The maximum absolute atomic E-state index is 12.7. The fraction of sp³-hybridized carbons (Fsp3) is 0.776. The Labute approximate surface area is 350 Å². The molecule has 0 saturated heterocycles. The molecule has 0 rings (SSSR count). The predicted molar refractivity (Wildman–Crippen MR) is 236 cm³/mol. The molecule has 0 heterocycles. The van der Waals surface area contributed by atoms with Gasteiger partial charge in [-0.1, -0.05) is 159 Å². The molecule has 8 heteroatoms. The number of nitrogens with zero attached hydrogens (tertiary/aromatic N) is 1. The first-order valence-electron chi connectivity index (χ1n) is 23.2. The van der Waals surface area contributed by atoms with Crippen LogP contribution < -0.4 is 5.11 Å². The molecule has 0 spiro atoms. The van der Waals surface area contributed by atoms with Gasteiger partial charge < -0.3 is 28.6 Å². The SMILES string of the molecule is CC/C=C/C/C=C/C/C=C/CCCCCCCCCCCCCCCC(=O)OCC(COCCC(C(=O)[O-])[N+](C)(C)C)OC(=O)CCCCCC/C=C/CCCC. The lowest BCUT2D eigenvalue weighted by Gasteiger charge is -2.34. The van der Waals surface area contributed by atoms with Crippen molar-refractivity contribution in [1.29, 1.82) is 0 Å². The number of carbonyl (C=O) groups excluding carboxylic acids is 3. The molecule has 57 heavy (non-hydrogen) atoms. The van der Waals surface area contributed by atoms with Crippen LogP contribution in [0.25, 0.3) is 0 Å². The summed E-state index contributed by atoms with van der Waals surface area (Å²) in [5, 5.41) is 11.6. The van der Waals surface area contributed by atoms with Gasteiger partial charge in [-0.25, -0.2) is 0 Å². The summed E-state index contributed by atoms with van der Waals surface area (Å²) in [6.07, 6.45) is 47.2. The van der Waals surface area contributed by atoms with Gasteiger partial charge in [0.1, 0.15) is 12.6 Å². The zero-order chi connectivity index (χ0) is 42.1. The minimum atomic E-state index is -1.13. The summed E-state index contributed by atoms with van der Waals surface area (Å²) in [6.45, 7) is 4.50. The molecule has 0 aliphatic rings. The number of carboxylic acids is 1. The highest BCUT2D eigenvalue weighted by Crippen LogP contribution is 2.15. The van der Waals surface area contributed by atoms with Crippen molar-refractivity contribution in [3.05, 3.63) is 48.6 Å². The van der Waals surface area contributed by atoms with Crippen molar-refractivity contribution in [3.63, 3.8) is 0 Å². The van der Waals surface area contributed by atoms with Crippen LogP contribution in [0.3, 0.4) is 0 Å². The van der Waals surface area contributed by atoms with Crippen LogP contribution in [0.2, 0.25) is 0 Å². The number of esters is 2. The molecule has 0 aromatic heterocycles. The number of likely N-dealkylation sites (N-methyl/N-ethyl adjacent to an activating group) is 1. The van der Waals surface area contributed by atoms with Crippen molar-refractivity contribution in [1.82, 2.24) is 0 Å². The standard InChI is InChI=1S/C49H87NO7/c1-6-8-10-12-14-16-18-19-20-21-22-23-24-25-26-27-28-29-30-32-33-35-37-39-47(51)56-44-45(43-55-42-41-46(49(53)54)50(3,4)5)57-48(52)40-38-36-34-31-17-15-13-11-9-7-2/h8,10,13-16,19-20,45-46H,6-7,9,11-12,17-18,21-44H2,1-5H3/b10-8+,15-13+,16-14+,20-19+. The second-order valence-corrected chi connectivity index (χ2v) is 16.6. The highest BCUT2D eigenvalue weighted by atomic mass is 16.6. The zero-order valence-electron chi connectivity index (χ0n) is 37.5. The molecule has 0 aliphatic heterocycles. The number of hydrogen-bond donors (Lipinski definition) is 0. The highest BCUT2D eigenvalue weighted by molar-refractivity contribution is 5.70. The van der Waals surface area contributed by atoms with Crippen molar-refractivity contribution in [2.45, 2.75) is 206 Å². The number of carbonyl (C=O) groups is 3. The van der Waals surface area contributed by atoms with E-state index in [1.807, 2.05) is 0 Å². The van der Waals surface area contributed by atoms with Crippen LogP contribution in [0, 0.1) is 0 Å². The molecule has 2 unspecified atom stereocenters. The fourth-order valence-corrected chi connectivity index (χ4v) is 6.60. The van der Waals surface area contributed by atoms with E-state index in [1.54, 1.807) is 21.1 Å². The van der Waals surface area contributed by atoms with Gasteiger partial charge in [0.15, 0.2) is 6.10 Å². The number of quaternary nitrogens is 1. The van der Waals surface area contributed by atoms with E-state index >= 15 is 0 Å². The molecule has 330 valence electrons. The van der Waals surface area contributed by atoms with Gasteiger partial charge in [0.25, 0.3) is 0 Å². The first kappa shape index (κ1) is 54.3.